The Morgan fingerprint density at radius 3 is 2.65 bits per heavy atom. The van der Waals surface area contributed by atoms with Crippen LogP contribution in [0.5, 0.6) is 5.75 Å². The summed E-state index contributed by atoms with van der Waals surface area (Å²) in [6, 6.07) is 5.30. The zero-order valence-corrected chi connectivity index (χ0v) is 17.7. The van der Waals surface area contributed by atoms with E-state index < -0.39 is 41.1 Å². The van der Waals surface area contributed by atoms with Gasteiger partial charge in [0.25, 0.3) is 11.8 Å². The molecule has 1 aliphatic heterocycles. The van der Waals surface area contributed by atoms with Crippen molar-refractivity contribution in [2.24, 2.45) is 11.7 Å². The van der Waals surface area contributed by atoms with Crippen molar-refractivity contribution < 1.29 is 27.8 Å². The number of benzene rings is 1. The summed E-state index contributed by atoms with van der Waals surface area (Å²) in [5.41, 5.74) is 5.17. The van der Waals surface area contributed by atoms with E-state index in [4.69, 9.17) is 15.2 Å². The third-order valence-corrected chi connectivity index (χ3v) is 5.66. The van der Waals surface area contributed by atoms with Crippen molar-refractivity contribution >= 4 is 17.5 Å². The van der Waals surface area contributed by atoms with Crippen LogP contribution in [-0.2, 0) is 9.53 Å². The molecule has 0 bridgehead atoms. The number of hydrogen-bond acceptors (Lipinski definition) is 5. The first kappa shape index (κ1) is 22.6. The number of pyridine rings is 1. The number of nitrogens with two attached hydrogens (primary N) is 1. The van der Waals surface area contributed by atoms with E-state index in [2.05, 4.69) is 10.3 Å². The Bertz CT molecular complexity index is 1010. The van der Waals surface area contributed by atoms with Gasteiger partial charge in [0, 0.05) is 23.4 Å². The normalized spacial score (nSPS) is 22.2. The highest BCUT2D eigenvalue weighted by Crippen LogP contribution is 2.49. The molecule has 2 heterocycles. The molecule has 1 fully saturated rings. The molecule has 1 aromatic heterocycles. The number of carbonyl (C=O) groups excluding carboxylic acids is 2. The number of rotatable bonds is 6. The first-order valence-electron chi connectivity index (χ1n) is 9.92. The van der Waals surface area contributed by atoms with Crippen molar-refractivity contribution in [2.45, 2.75) is 45.3 Å². The molecule has 1 saturated heterocycles. The lowest BCUT2D eigenvalue weighted by Crippen LogP contribution is -2.33. The topological polar surface area (TPSA) is 104 Å². The maximum Gasteiger partial charge on any atom is 0.267 e. The van der Waals surface area contributed by atoms with E-state index in [-0.39, 0.29) is 24.0 Å². The molecule has 166 valence electrons. The van der Waals surface area contributed by atoms with Crippen LogP contribution in [0.15, 0.2) is 30.5 Å². The summed E-state index contributed by atoms with van der Waals surface area (Å²) < 4.78 is 39.8. The van der Waals surface area contributed by atoms with Gasteiger partial charge in [-0.05, 0) is 44.9 Å². The molecule has 0 spiro atoms. The minimum atomic E-state index is -1.10. The van der Waals surface area contributed by atoms with Gasteiger partial charge in [-0.1, -0.05) is 13.0 Å². The molecule has 0 aliphatic carbocycles. The molecule has 3 N–H and O–H groups in total. The van der Waals surface area contributed by atoms with Crippen LogP contribution in [0.1, 0.15) is 49.7 Å². The number of carbonyl (C=O) groups is 2. The van der Waals surface area contributed by atoms with E-state index in [0.29, 0.717) is 11.3 Å². The molecule has 9 heteroatoms. The summed E-state index contributed by atoms with van der Waals surface area (Å²) in [6.45, 7) is 7.33. The fourth-order valence-corrected chi connectivity index (χ4v) is 3.81. The Kier molecular flexibility index (Phi) is 6.26. The summed E-state index contributed by atoms with van der Waals surface area (Å²) in [5.74, 6) is -4.43. The number of nitrogens with zero attached hydrogens (tertiary/aromatic N) is 1. The number of primary amides is 1. The minimum absolute atomic E-state index is 0.00498. The van der Waals surface area contributed by atoms with E-state index >= 15 is 0 Å². The van der Waals surface area contributed by atoms with Gasteiger partial charge in [-0.25, -0.2) is 4.39 Å². The predicted molar refractivity (Wildman–Crippen MR) is 110 cm³/mol. The lowest BCUT2D eigenvalue weighted by Gasteiger charge is -2.26. The molecule has 2 aromatic rings. The van der Waals surface area contributed by atoms with Gasteiger partial charge in [-0.15, -0.1) is 0 Å². The Hall–Kier alpha value is -3.07. The molecule has 7 nitrogen and oxygen atoms in total. The van der Waals surface area contributed by atoms with Gasteiger partial charge in [-0.3, -0.25) is 14.6 Å². The Balaban J connectivity index is 1.99. The number of nitrogens with one attached hydrogen (secondary N) is 1. The van der Waals surface area contributed by atoms with Gasteiger partial charge in [0.05, 0.1) is 12.2 Å². The highest BCUT2D eigenvalue weighted by molar-refractivity contribution is 5.97. The summed E-state index contributed by atoms with van der Waals surface area (Å²) in [4.78, 5) is 28.4. The Labute approximate surface area is 178 Å². The fraction of sp³-hybridized carbons (Fsp3) is 0.409. The van der Waals surface area contributed by atoms with E-state index in [0.717, 1.165) is 6.07 Å². The van der Waals surface area contributed by atoms with Crippen molar-refractivity contribution in [2.75, 3.05) is 11.9 Å². The van der Waals surface area contributed by atoms with Gasteiger partial charge in [0.2, 0.25) is 5.82 Å². The second-order valence-corrected chi connectivity index (χ2v) is 7.95. The smallest absolute Gasteiger partial charge is 0.267 e. The van der Waals surface area contributed by atoms with Crippen molar-refractivity contribution in [3.05, 3.63) is 53.4 Å². The zero-order valence-electron chi connectivity index (χ0n) is 17.7. The number of hydrogen-bond donors (Lipinski definition) is 2. The first-order valence-corrected chi connectivity index (χ1v) is 9.92. The highest BCUT2D eigenvalue weighted by atomic mass is 19.2. The molecule has 3 atom stereocenters. The number of anilines is 1. The Morgan fingerprint density at radius 2 is 2.00 bits per heavy atom. The summed E-state index contributed by atoms with van der Waals surface area (Å²) in [7, 11) is 0. The van der Waals surface area contributed by atoms with Crippen molar-refractivity contribution in [3.8, 4) is 5.75 Å². The molecule has 2 amide bonds. The number of ether oxygens (including phenoxy) is 2. The SMILES string of the molecule is CCOc1c([C@H]2[C@@H](C(=O)Nc3ccnc(C(N)=O)c3)OC(C)(C)[C@H]2C)ccc(F)c1F. The van der Waals surface area contributed by atoms with Crippen LogP contribution >= 0.6 is 0 Å². The maximum absolute atomic E-state index is 14.5. The predicted octanol–water partition coefficient (Wildman–Crippen LogP) is 3.39. The van der Waals surface area contributed by atoms with Gasteiger partial charge >= 0.3 is 0 Å². The molecule has 0 radical (unpaired) electrons. The molecule has 1 aliphatic rings. The van der Waals surface area contributed by atoms with Crippen LogP contribution in [-0.4, -0.2) is 35.1 Å². The fourth-order valence-electron chi connectivity index (χ4n) is 3.81. The van der Waals surface area contributed by atoms with Gasteiger partial charge in [0.1, 0.15) is 11.8 Å². The van der Waals surface area contributed by atoms with Crippen molar-refractivity contribution in [1.82, 2.24) is 4.98 Å². The Morgan fingerprint density at radius 1 is 1.29 bits per heavy atom. The largest absolute Gasteiger partial charge is 0.490 e. The molecule has 0 unspecified atom stereocenters. The van der Waals surface area contributed by atoms with Crippen molar-refractivity contribution in [3.63, 3.8) is 0 Å². The molecular weight excluding hydrogens is 408 g/mol. The highest BCUT2D eigenvalue weighted by Gasteiger charge is 2.51. The van der Waals surface area contributed by atoms with Gasteiger partial charge in [-0.2, -0.15) is 4.39 Å². The molecule has 1 aromatic carbocycles. The summed E-state index contributed by atoms with van der Waals surface area (Å²) in [6.07, 6.45) is 0.330. The lowest BCUT2D eigenvalue weighted by molar-refractivity contribution is -0.131. The quantitative estimate of drug-likeness (QED) is 0.727. The maximum atomic E-state index is 14.5. The van der Waals surface area contributed by atoms with Gasteiger partial charge in [0.15, 0.2) is 11.6 Å². The van der Waals surface area contributed by atoms with Crippen molar-refractivity contribution in [1.29, 1.82) is 0 Å². The van der Waals surface area contributed by atoms with E-state index in [1.165, 1.54) is 24.4 Å². The second kappa shape index (κ2) is 8.58. The average molecular weight is 433 g/mol. The van der Waals surface area contributed by atoms with Crippen LogP contribution in [0.2, 0.25) is 0 Å². The van der Waals surface area contributed by atoms with Crippen LogP contribution in [0.4, 0.5) is 14.5 Å². The van der Waals surface area contributed by atoms with E-state index in [9.17, 15) is 18.4 Å². The second-order valence-electron chi connectivity index (χ2n) is 7.95. The van der Waals surface area contributed by atoms with E-state index in [1.807, 2.05) is 20.8 Å². The molecule has 0 saturated carbocycles. The first-order chi connectivity index (χ1) is 14.6. The average Bonchev–Trinajstić information content (AvgIpc) is 2.96. The molecule has 31 heavy (non-hydrogen) atoms. The monoisotopic (exact) mass is 433 g/mol. The van der Waals surface area contributed by atoms with Crippen LogP contribution in [0.25, 0.3) is 0 Å². The van der Waals surface area contributed by atoms with Crippen LogP contribution < -0.4 is 15.8 Å². The standard InChI is InChI=1S/C22H25F2N3O4/c1-5-30-18-13(6-7-14(23)17(18)24)16-11(2)22(3,4)31-19(16)21(29)27-12-8-9-26-15(10-12)20(25)28/h6-11,16,19H,5H2,1-4H3,(H2,25,28)(H,26,27,29)/t11-,16-,19-/m0/s1. The third kappa shape index (κ3) is 4.36. The zero-order chi connectivity index (χ0) is 22.9. The summed E-state index contributed by atoms with van der Waals surface area (Å²) >= 11 is 0. The molecule has 3 rings (SSSR count). The minimum Gasteiger partial charge on any atom is -0.490 e. The van der Waals surface area contributed by atoms with E-state index in [1.54, 1.807) is 6.92 Å². The lowest BCUT2D eigenvalue weighted by atomic mass is 9.78. The number of halogens is 2. The van der Waals surface area contributed by atoms with Crippen LogP contribution in [0.3, 0.4) is 0 Å². The number of aromatic nitrogens is 1. The van der Waals surface area contributed by atoms with Crippen LogP contribution in [0, 0.1) is 17.6 Å². The number of amides is 2. The summed E-state index contributed by atoms with van der Waals surface area (Å²) in [5, 5.41) is 2.69. The third-order valence-electron chi connectivity index (χ3n) is 5.66. The van der Waals surface area contributed by atoms with Gasteiger partial charge < -0.3 is 20.5 Å². The molecular formula is C22H25F2N3O4.